The predicted molar refractivity (Wildman–Crippen MR) is 222 cm³/mol. The lowest BCUT2D eigenvalue weighted by Crippen LogP contribution is -2.38. The topological polar surface area (TPSA) is 164 Å². The van der Waals surface area contributed by atoms with Gasteiger partial charge in [0.25, 0.3) is 17.9 Å². The fourth-order valence-corrected chi connectivity index (χ4v) is 9.66. The molecule has 0 spiro atoms. The summed E-state index contributed by atoms with van der Waals surface area (Å²) in [6.07, 6.45) is 1.30. The summed E-state index contributed by atoms with van der Waals surface area (Å²) in [5, 5.41) is 15.7. The van der Waals surface area contributed by atoms with Gasteiger partial charge in [-0.1, -0.05) is 17.7 Å². The highest BCUT2D eigenvalue weighted by molar-refractivity contribution is 7.92. The summed E-state index contributed by atoms with van der Waals surface area (Å²) >= 11 is 6.65. The Morgan fingerprint density at radius 1 is 1.02 bits per heavy atom. The number of amides is 1. The summed E-state index contributed by atoms with van der Waals surface area (Å²) in [6.45, 7) is -0.242. The second kappa shape index (κ2) is 14.9. The Morgan fingerprint density at radius 3 is 2.47 bits per heavy atom. The van der Waals surface area contributed by atoms with Gasteiger partial charge in [-0.3, -0.25) is 32.9 Å². The van der Waals surface area contributed by atoms with Gasteiger partial charge in [0.05, 0.1) is 50.5 Å². The first-order chi connectivity index (χ1) is 30.3. The van der Waals surface area contributed by atoms with E-state index in [2.05, 4.69) is 20.2 Å². The normalized spacial score (nSPS) is 18.2. The third-order valence-corrected chi connectivity index (χ3v) is 12.8. The van der Waals surface area contributed by atoms with Gasteiger partial charge in [0.2, 0.25) is 15.9 Å². The maximum atomic E-state index is 15.6. The maximum absolute atomic E-state index is 15.6. The average Bonchev–Trinajstić information content (AvgIpc) is 4.05. The molecule has 2 unspecified atom stereocenters. The van der Waals surface area contributed by atoms with Crippen molar-refractivity contribution in [2.45, 2.75) is 63.1 Å². The number of hydrogen-bond acceptors (Lipinski definition) is 8. The fraction of sp³-hybridized carbons (Fsp3) is 0.333. The quantitative estimate of drug-likeness (QED) is 0.114. The number of fused-ring (bicyclic) bond motifs is 5. The molecule has 14 nitrogen and oxygen atoms in total. The van der Waals surface area contributed by atoms with Crippen LogP contribution in [0.3, 0.4) is 0 Å². The van der Waals surface area contributed by atoms with Crippen LogP contribution in [0.15, 0.2) is 65.6 Å². The van der Waals surface area contributed by atoms with Crippen molar-refractivity contribution < 1.29 is 39.6 Å². The molecule has 0 radical (unpaired) electrons. The molecule has 3 aliphatic carbocycles. The number of aryl methyl sites for hydroxylation is 1. The lowest BCUT2D eigenvalue weighted by atomic mass is 10.0. The highest BCUT2D eigenvalue weighted by Crippen LogP contribution is 2.68. The summed E-state index contributed by atoms with van der Waals surface area (Å²) in [6, 6.07) is 10.6. The van der Waals surface area contributed by atoms with E-state index in [4.69, 9.17) is 21.7 Å². The lowest BCUT2D eigenvalue weighted by molar-refractivity contribution is -0.123. The summed E-state index contributed by atoms with van der Waals surface area (Å²) in [7, 11) is -2.44. The number of nitrogens with zero attached hydrogens (tertiary/aromatic N) is 8. The number of carbonyl (C=O) groups is 1. The SMILES string of the molecule is Cn1nc(NS(C)(=O)=O)c2c(Cl)ccc(-n3c([C@H](Cc4cc(F)cc(F)c4)NC(=O)Cn4nc(C(F)F)c5c4C(F)(F)C4CC54)nc4cc(-c5ccn(CC6CC6)n5)ccc4c3=O)c21. The zero-order chi connectivity index (χ0) is 45.1. The second-order valence-corrected chi connectivity index (χ2v) is 18.8. The van der Waals surface area contributed by atoms with Crippen LogP contribution in [-0.2, 0) is 47.3 Å². The summed E-state index contributed by atoms with van der Waals surface area (Å²) in [5.74, 6) is -8.43. The Bertz CT molecular complexity index is 3250. The van der Waals surface area contributed by atoms with Crippen molar-refractivity contribution in [3.8, 4) is 16.9 Å². The summed E-state index contributed by atoms with van der Waals surface area (Å²) in [5.41, 5.74) is -1.25. The van der Waals surface area contributed by atoms with Gasteiger partial charge in [0, 0.05) is 49.3 Å². The molecule has 3 atom stereocenters. The number of nitrogens with one attached hydrogen (secondary N) is 2. The first kappa shape index (κ1) is 41.8. The number of benzene rings is 3. The van der Waals surface area contributed by atoms with Crippen LogP contribution in [0.2, 0.25) is 5.02 Å². The number of sulfonamides is 1. The molecule has 10 rings (SSSR count). The predicted octanol–water partition coefficient (Wildman–Crippen LogP) is 7.29. The van der Waals surface area contributed by atoms with Crippen molar-refractivity contribution in [3.05, 3.63) is 116 Å². The molecule has 3 aromatic carbocycles. The van der Waals surface area contributed by atoms with E-state index >= 15 is 13.6 Å². The number of carbonyl (C=O) groups excluding carboxylic acids is 1. The molecule has 4 heterocycles. The van der Waals surface area contributed by atoms with Crippen LogP contribution >= 0.6 is 11.6 Å². The number of halogens is 7. The number of anilines is 1. The van der Waals surface area contributed by atoms with Crippen molar-refractivity contribution in [3.63, 3.8) is 0 Å². The van der Waals surface area contributed by atoms with Crippen molar-refractivity contribution in [1.29, 1.82) is 0 Å². The van der Waals surface area contributed by atoms with Crippen LogP contribution in [0.4, 0.5) is 32.2 Å². The third kappa shape index (κ3) is 7.36. The number of alkyl halides is 4. The minimum Gasteiger partial charge on any atom is -0.344 e. The molecule has 22 heteroatoms. The van der Waals surface area contributed by atoms with Crippen LogP contribution in [0, 0.1) is 23.5 Å². The standard InChI is InChI=1S/C42H35ClF6N10O4S/c1-56-36-31(8-7-27(43)34(36)39(54-56)55-64(2,62)63)59-40(51-29-14-21(5-6-24(29)41(59)61)28-9-10-57(52-28)17-19-3-4-19)30(13-20-11-22(44)15-23(45)12-20)50-32(60)18-58-37-33(35(53-58)38(46)47)25-16-26(25)42(37,48)49/h5-12,14-15,19,25-26,30,38H,3-4,13,16-18H2,1-2H3,(H,50,60)(H,54,55)/t25?,26?,30-/m0/s1. The minimum absolute atomic E-state index is 0.000444. The molecule has 4 aromatic heterocycles. The van der Waals surface area contributed by atoms with Crippen molar-refractivity contribution in [2.75, 3.05) is 11.0 Å². The molecule has 2 fully saturated rings. The van der Waals surface area contributed by atoms with Crippen LogP contribution in [0.25, 0.3) is 38.8 Å². The van der Waals surface area contributed by atoms with Gasteiger partial charge in [-0.2, -0.15) is 24.1 Å². The van der Waals surface area contributed by atoms with Crippen LogP contribution in [0.5, 0.6) is 0 Å². The van der Waals surface area contributed by atoms with E-state index in [1.807, 2.05) is 10.9 Å². The van der Waals surface area contributed by atoms with E-state index in [1.165, 1.54) is 29.9 Å². The molecule has 2 saturated carbocycles. The number of rotatable bonds is 13. The average molecular weight is 925 g/mol. The number of aromatic nitrogens is 8. The van der Waals surface area contributed by atoms with Gasteiger partial charge >= 0.3 is 0 Å². The van der Waals surface area contributed by atoms with Crippen molar-refractivity contribution >= 4 is 55.2 Å². The smallest absolute Gasteiger partial charge is 0.293 e. The van der Waals surface area contributed by atoms with Crippen molar-refractivity contribution in [1.82, 2.24) is 44.2 Å². The first-order valence-electron chi connectivity index (χ1n) is 20.1. The van der Waals surface area contributed by atoms with E-state index in [0.717, 1.165) is 42.3 Å². The van der Waals surface area contributed by atoms with Crippen LogP contribution < -0.4 is 15.6 Å². The Hall–Kier alpha value is -6.22. The monoisotopic (exact) mass is 924 g/mol. The highest BCUT2D eigenvalue weighted by atomic mass is 35.5. The largest absolute Gasteiger partial charge is 0.344 e. The molecule has 7 aromatic rings. The molecule has 0 bridgehead atoms. The van der Waals surface area contributed by atoms with Gasteiger partial charge in [0.15, 0.2) is 5.82 Å². The molecule has 0 saturated heterocycles. The highest BCUT2D eigenvalue weighted by Gasteiger charge is 2.67. The molecule has 0 aliphatic heterocycles. The molecule has 1 amide bonds. The Kier molecular flexibility index (Phi) is 9.74. The van der Waals surface area contributed by atoms with E-state index in [9.17, 15) is 30.8 Å². The lowest BCUT2D eigenvalue weighted by Gasteiger charge is -2.24. The van der Waals surface area contributed by atoms with Crippen LogP contribution in [0.1, 0.15) is 66.0 Å². The van der Waals surface area contributed by atoms with Crippen molar-refractivity contribution in [2.24, 2.45) is 18.9 Å². The summed E-state index contributed by atoms with van der Waals surface area (Å²) < 4.78 is 121. The van der Waals surface area contributed by atoms with Gasteiger partial charge < -0.3 is 5.32 Å². The molecule has 332 valence electrons. The van der Waals surface area contributed by atoms with E-state index < -0.39 is 87.7 Å². The summed E-state index contributed by atoms with van der Waals surface area (Å²) in [4.78, 5) is 34.2. The first-order valence-corrected chi connectivity index (χ1v) is 22.4. The minimum atomic E-state index is -3.91. The molecular formula is C42H35ClF6N10O4S. The number of hydrogen-bond donors (Lipinski definition) is 2. The van der Waals surface area contributed by atoms with E-state index in [0.29, 0.717) is 27.9 Å². The zero-order valence-electron chi connectivity index (χ0n) is 33.7. The molecule has 3 aliphatic rings. The van der Waals surface area contributed by atoms with E-state index in [-0.39, 0.29) is 61.7 Å². The third-order valence-electron chi connectivity index (χ3n) is 11.9. The molecule has 64 heavy (non-hydrogen) atoms. The maximum Gasteiger partial charge on any atom is 0.293 e. The van der Waals surface area contributed by atoms with Gasteiger partial charge in [0.1, 0.15) is 35.4 Å². The molecule has 2 N–H and O–H groups in total. The van der Waals surface area contributed by atoms with Crippen LogP contribution in [-0.4, -0.2) is 59.5 Å². The second-order valence-electron chi connectivity index (χ2n) is 16.6. The van der Waals surface area contributed by atoms with E-state index in [1.54, 1.807) is 18.2 Å². The molecular weight excluding hydrogens is 890 g/mol. The Balaban J connectivity index is 1.16. The van der Waals surface area contributed by atoms with Gasteiger partial charge in [-0.25, -0.2) is 31.0 Å². The fourth-order valence-electron chi connectivity index (χ4n) is 8.92. The Morgan fingerprint density at radius 2 is 1.77 bits per heavy atom. The Labute approximate surface area is 363 Å². The van der Waals surface area contributed by atoms with Gasteiger partial charge in [-0.15, -0.1) is 0 Å². The zero-order valence-corrected chi connectivity index (χ0v) is 35.2. The van der Waals surface area contributed by atoms with Gasteiger partial charge in [-0.05, 0) is 79.1 Å².